The Morgan fingerprint density at radius 3 is 2.95 bits per heavy atom. The molecule has 4 heteroatoms. The number of aryl methyl sites for hydroxylation is 2. The second-order valence-electron chi connectivity index (χ2n) is 4.94. The summed E-state index contributed by atoms with van der Waals surface area (Å²) in [5.41, 5.74) is 2.50. The van der Waals surface area contributed by atoms with E-state index in [9.17, 15) is 5.11 Å². The van der Waals surface area contributed by atoms with Crippen molar-refractivity contribution in [3.8, 4) is 0 Å². The zero-order valence-electron chi connectivity index (χ0n) is 10.7. The van der Waals surface area contributed by atoms with Crippen molar-refractivity contribution in [2.24, 2.45) is 0 Å². The third-order valence-electron chi connectivity index (χ3n) is 3.63. The number of aliphatic hydroxyl groups is 1. The fourth-order valence-electron chi connectivity index (χ4n) is 2.52. The smallest absolute Gasteiger partial charge is 0.108 e. The highest BCUT2D eigenvalue weighted by atomic mass is 79.9. The van der Waals surface area contributed by atoms with E-state index >= 15 is 0 Å². The van der Waals surface area contributed by atoms with Crippen LogP contribution >= 0.6 is 27.3 Å². The predicted molar refractivity (Wildman–Crippen MR) is 83.9 cm³/mol. The number of aliphatic hydroxyl groups excluding tert-OH is 1. The molecule has 2 atom stereocenters. The van der Waals surface area contributed by atoms with Gasteiger partial charge in [-0.15, -0.1) is 11.3 Å². The van der Waals surface area contributed by atoms with Gasteiger partial charge in [0, 0.05) is 19.9 Å². The number of fused-ring (bicyclic) bond motifs is 1. The molecule has 1 aromatic carbocycles. The molecule has 0 saturated heterocycles. The van der Waals surface area contributed by atoms with Crippen LogP contribution in [0.5, 0.6) is 0 Å². The first-order valence-corrected chi connectivity index (χ1v) is 8.04. The summed E-state index contributed by atoms with van der Waals surface area (Å²) < 4.78 is 1.09. The minimum Gasteiger partial charge on any atom is -0.385 e. The summed E-state index contributed by atoms with van der Waals surface area (Å²) in [6.45, 7) is 2.06. The monoisotopic (exact) mass is 337 g/mol. The highest BCUT2D eigenvalue weighted by Gasteiger charge is 2.26. The van der Waals surface area contributed by atoms with Gasteiger partial charge in [0.05, 0.1) is 6.04 Å². The second kappa shape index (κ2) is 5.27. The molecule has 0 radical (unpaired) electrons. The lowest BCUT2D eigenvalue weighted by Crippen LogP contribution is -2.31. The van der Waals surface area contributed by atoms with Gasteiger partial charge in [0.2, 0.25) is 0 Å². The van der Waals surface area contributed by atoms with Crippen molar-refractivity contribution < 1.29 is 5.11 Å². The number of nitrogens with one attached hydrogen (secondary N) is 1. The Morgan fingerprint density at radius 2 is 2.21 bits per heavy atom. The number of para-hydroxylation sites is 1. The molecule has 0 aliphatic carbocycles. The number of benzene rings is 1. The van der Waals surface area contributed by atoms with Crippen molar-refractivity contribution in [1.29, 1.82) is 0 Å². The lowest BCUT2D eigenvalue weighted by molar-refractivity contribution is 0.152. The van der Waals surface area contributed by atoms with Gasteiger partial charge in [-0.25, -0.2) is 0 Å². The summed E-state index contributed by atoms with van der Waals surface area (Å²) in [6.07, 6.45) is 1.55. The minimum absolute atomic E-state index is 0.0971. The molecule has 1 aliphatic rings. The molecule has 100 valence electrons. The maximum Gasteiger partial charge on any atom is 0.108 e. The van der Waals surface area contributed by atoms with Crippen LogP contribution in [0.3, 0.4) is 0 Å². The molecule has 0 bridgehead atoms. The molecule has 3 rings (SSSR count). The molecule has 2 aromatic rings. The number of hydrogen-bond donors (Lipinski definition) is 2. The van der Waals surface area contributed by atoms with Crippen molar-refractivity contribution in [3.05, 3.63) is 50.1 Å². The average molecular weight is 338 g/mol. The van der Waals surface area contributed by atoms with Crippen LogP contribution in [0, 0.1) is 6.92 Å². The molecule has 0 saturated carbocycles. The van der Waals surface area contributed by atoms with E-state index in [1.807, 2.05) is 12.1 Å². The SMILES string of the molecule is Cc1sc(C(O)C2CCc3ccccc3N2)cc1Br. The Morgan fingerprint density at radius 1 is 1.42 bits per heavy atom. The number of rotatable bonds is 2. The third kappa shape index (κ3) is 2.57. The maximum absolute atomic E-state index is 10.5. The van der Waals surface area contributed by atoms with Gasteiger partial charge in [-0.3, -0.25) is 0 Å². The summed E-state index contributed by atoms with van der Waals surface area (Å²) >= 11 is 5.17. The van der Waals surface area contributed by atoms with E-state index < -0.39 is 6.10 Å². The van der Waals surface area contributed by atoms with Crippen LogP contribution in [-0.4, -0.2) is 11.1 Å². The zero-order valence-corrected chi connectivity index (χ0v) is 13.1. The Balaban J connectivity index is 1.81. The van der Waals surface area contributed by atoms with Gasteiger partial charge in [-0.05, 0) is 53.4 Å². The van der Waals surface area contributed by atoms with Gasteiger partial charge in [-0.2, -0.15) is 0 Å². The second-order valence-corrected chi connectivity index (χ2v) is 7.09. The standard InChI is InChI=1S/C15H16BrNOS/c1-9-11(16)8-14(19-9)15(18)13-7-6-10-4-2-3-5-12(10)17-13/h2-5,8,13,15,17-18H,6-7H2,1H3. The van der Waals surface area contributed by atoms with Crippen LogP contribution < -0.4 is 5.32 Å². The molecule has 2 N–H and O–H groups in total. The van der Waals surface area contributed by atoms with E-state index in [2.05, 4.69) is 46.4 Å². The Bertz CT molecular complexity index is 576. The Labute approximate surface area is 125 Å². The largest absolute Gasteiger partial charge is 0.385 e. The van der Waals surface area contributed by atoms with Crippen molar-refractivity contribution in [3.63, 3.8) is 0 Å². The molecular weight excluding hydrogens is 322 g/mol. The summed E-state index contributed by atoms with van der Waals surface area (Å²) in [5.74, 6) is 0. The first kappa shape index (κ1) is 13.2. The van der Waals surface area contributed by atoms with Crippen LogP contribution in [-0.2, 0) is 6.42 Å². The fraction of sp³-hybridized carbons (Fsp3) is 0.333. The quantitative estimate of drug-likeness (QED) is 0.857. The minimum atomic E-state index is -0.441. The average Bonchev–Trinajstić information content (AvgIpc) is 2.77. The molecule has 1 aromatic heterocycles. The molecule has 0 amide bonds. The van der Waals surface area contributed by atoms with E-state index in [4.69, 9.17) is 0 Å². The number of thiophene rings is 1. The highest BCUT2D eigenvalue weighted by molar-refractivity contribution is 9.10. The fourth-order valence-corrected chi connectivity index (χ4v) is 4.14. The molecular formula is C15H16BrNOS. The van der Waals surface area contributed by atoms with Crippen molar-refractivity contribution in [1.82, 2.24) is 0 Å². The molecule has 2 nitrogen and oxygen atoms in total. The van der Waals surface area contributed by atoms with E-state index in [0.29, 0.717) is 0 Å². The van der Waals surface area contributed by atoms with E-state index in [1.165, 1.54) is 10.4 Å². The van der Waals surface area contributed by atoms with Crippen LogP contribution in [0.15, 0.2) is 34.8 Å². The zero-order chi connectivity index (χ0) is 13.4. The predicted octanol–water partition coefficient (Wildman–Crippen LogP) is 4.28. The van der Waals surface area contributed by atoms with Gasteiger partial charge in [0.15, 0.2) is 0 Å². The summed E-state index contributed by atoms with van der Waals surface area (Å²) in [4.78, 5) is 2.24. The molecule has 0 spiro atoms. The Hall–Kier alpha value is -0.840. The van der Waals surface area contributed by atoms with E-state index in [0.717, 1.165) is 27.9 Å². The van der Waals surface area contributed by atoms with Crippen LogP contribution in [0.4, 0.5) is 5.69 Å². The first-order valence-electron chi connectivity index (χ1n) is 6.43. The number of anilines is 1. The van der Waals surface area contributed by atoms with Crippen molar-refractivity contribution >= 4 is 33.0 Å². The Kier molecular flexibility index (Phi) is 3.65. The first-order chi connectivity index (χ1) is 9.15. The van der Waals surface area contributed by atoms with Gasteiger partial charge < -0.3 is 10.4 Å². The molecule has 19 heavy (non-hydrogen) atoms. The maximum atomic E-state index is 10.5. The number of halogens is 1. The van der Waals surface area contributed by atoms with Crippen molar-refractivity contribution in [2.75, 3.05) is 5.32 Å². The normalized spacial score (nSPS) is 19.6. The third-order valence-corrected chi connectivity index (χ3v) is 5.84. The van der Waals surface area contributed by atoms with Crippen molar-refractivity contribution in [2.45, 2.75) is 31.9 Å². The highest BCUT2D eigenvalue weighted by Crippen LogP contribution is 2.36. The molecule has 2 unspecified atom stereocenters. The molecule has 1 aliphatic heterocycles. The summed E-state index contributed by atoms with van der Waals surface area (Å²) in [6, 6.07) is 10.5. The van der Waals surface area contributed by atoms with Crippen LogP contribution in [0.25, 0.3) is 0 Å². The summed E-state index contributed by atoms with van der Waals surface area (Å²) in [7, 11) is 0. The van der Waals surface area contributed by atoms with E-state index in [1.54, 1.807) is 11.3 Å². The van der Waals surface area contributed by atoms with E-state index in [-0.39, 0.29) is 6.04 Å². The van der Waals surface area contributed by atoms with Gasteiger partial charge in [-0.1, -0.05) is 18.2 Å². The topological polar surface area (TPSA) is 32.3 Å². The molecule has 0 fully saturated rings. The lowest BCUT2D eigenvalue weighted by atomic mass is 9.94. The van der Waals surface area contributed by atoms with Crippen LogP contribution in [0.1, 0.15) is 27.8 Å². The van der Waals surface area contributed by atoms with Gasteiger partial charge in [0.25, 0.3) is 0 Å². The number of hydrogen-bond acceptors (Lipinski definition) is 3. The summed E-state index contributed by atoms with van der Waals surface area (Å²) in [5, 5.41) is 14.0. The van der Waals surface area contributed by atoms with Crippen LogP contribution in [0.2, 0.25) is 0 Å². The van der Waals surface area contributed by atoms with Gasteiger partial charge in [0.1, 0.15) is 6.10 Å². The van der Waals surface area contributed by atoms with Gasteiger partial charge >= 0.3 is 0 Å². The molecule has 2 heterocycles. The lowest BCUT2D eigenvalue weighted by Gasteiger charge is -2.30.